The lowest BCUT2D eigenvalue weighted by Crippen LogP contribution is -2.46. The molecule has 11 heteroatoms. The van der Waals surface area contributed by atoms with Crippen LogP contribution >= 0.6 is 0 Å². The number of hydrogen-bond donors (Lipinski definition) is 0. The van der Waals surface area contributed by atoms with Crippen molar-refractivity contribution in [1.82, 2.24) is 9.80 Å². The number of methoxy groups -OCH3 is 1. The van der Waals surface area contributed by atoms with Gasteiger partial charge in [0.05, 0.1) is 7.11 Å². The van der Waals surface area contributed by atoms with E-state index in [0.717, 1.165) is 12.1 Å². The number of benzene rings is 1. The topological polar surface area (TPSA) is 49.9 Å². The van der Waals surface area contributed by atoms with Crippen LogP contribution < -0.4 is 4.74 Å². The van der Waals surface area contributed by atoms with Gasteiger partial charge in [-0.2, -0.15) is 26.3 Å². The lowest BCUT2D eigenvalue weighted by Gasteiger charge is -2.31. The maximum atomic E-state index is 12.7. The second-order valence-electron chi connectivity index (χ2n) is 4.87. The van der Waals surface area contributed by atoms with Gasteiger partial charge in [0, 0.05) is 12.4 Å². The summed E-state index contributed by atoms with van der Waals surface area (Å²) in [4.78, 5) is 23.0. The lowest BCUT2D eigenvalue weighted by atomic mass is 10.1. The molecule has 1 aromatic rings. The molecule has 1 heterocycles. The van der Waals surface area contributed by atoms with Crippen molar-refractivity contribution < 1.29 is 40.7 Å². The van der Waals surface area contributed by atoms with Crippen molar-refractivity contribution in [3.8, 4) is 5.75 Å². The largest absolute Gasteiger partial charge is 0.497 e. The van der Waals surface area contributed by atoms with Crippen molar-refractivity contribution in [3.05, 3.63) is 42.2 Å². The van der Waals surface area contributed by atoms with Gasteiger partial charge in [0.1, 0.15) is 11.9 Å². The molecule has 0 aliphatic carbocycles. The molecule has 136 valence electrons. The minimum absolute atomic E-state index is 0.0193. The predicted molar refractivity (Wildman–Crippen MR) is 70.7 cm³/mol. The molecule has 0 atom stereocenters. The summed E-state index contributed by atoms with van der Waals surface area (Å²) in [6.45, 7) is 0. The van der Waals surface area contributed by atoms with Gasteiger partial charge in [0.2, 0.25) is 0 Å². The van der Waals surface area contributed by atoms with Gasteiger partial charge >= 0.3 is 24.2 Å². The van der Waals surface area contributed by atoms with Crippen molar-refractivity contribution in [1.29, 1.82) is 0 Å². The normalized spacial score (nSPS) is 15.6. The van der Waals surface area contributed by atoms with Gasteiger partial charge in [-0.3, -0.25) is 19.4 Å². The Morgan fingerprint density at radius 2 is 1.28 bits per heavy atom. The standard InChI is InChI=1S/C14H10F6N2O3/c1-25-9-4-2-8(3-5-9)10-21(11(23)13(15,16)17)6-7-22(10)12(24)14(18,19)20/h2-7,10H,1H3. The third-order valence-corrected chi connectivity index (χ3v) is 3.28. The maximum Gasteiger partial charge on any atom is 0.471 e. The van der Waals surface area contributed by atoms with E-state index >= 15 is 0 Å². The Bertz CT molecular complexity index is 660. The summed E-state index contributed by atoms with van der Waals surface area (Å²) in [5, 5.41) is 0. The van der Waals surface area contributed by atoms with E-state index in [2.05, 4.69) is 0 Å². The fourth-order valence-electron chi connectivity index (χ4n) is 2.19. The monoisotopic (exact) mass is 368 g/mol. The molecule has 0 aromatic heterocycles. The average molecular weight is 368 g/mol. The summed E-state index contributed by atoms with van der Waals surface area (Å²) in [7, 11) is 1.31. The lowest BCUT2D eigenvalue weighted by molar-refractivity contribution is -0.193. The molecule has 0 unspecified atom stereocenters. The third kappa shape index (κ3) is 3.69. The fraction of sp³-hybridized carbons (Fsp3) is 0.286. The van der Waals surface area contributed by atoms with E-state index in [-0.39, 0.29) is 21.1 Å². The fourth-order valence-corrected chi connectivity index (χ4v) is 2.19. The smallest absolute Gasteiger partial charge is 0.471 e. The van der Waals surface area contributed by atoms with Gasteiger partial charge < -0.3 is 4.74 Å². The van der Waals surface area contributed by atoms with Crippen LogP contribution in [0.3, 0.4) is 0 Å². The molecule has 0 N–H and O–H groups in total. The molecule has 25 heavy (non-hydrogen) atoms. The summed E-state index contributed by atoms with van der Waals surface area (Å²) in [5.74, 6) is -4.51. The Hall–Kier alpha value is -2.72. The van der Waals surface area contributed by atoms with Crippen molar-refractivity contribution in [2.24, 2.45) is 0 Å². The Labute approximate surface area is 137 Å². The molecule has 0 radical (unpaired) electrons. The number of rotatable bonds is 2. The van der Waals surface area contributed by atoms with Gasteiger partial charge in [-0.25, -0.2) is 0 Å². The maximum absolute atomic E-state index is 12.7. The number of ether oxygens (including phenoxy) is 1. The van der Waals surface area contributed by atoms with Gasteiger partial charge in [0.25, 0.3) is 0 Å². The van der Waals surface area contributed by atoms with E-state index in [4.69, 9.17) is 4.74 Å². The first-order valence-electron chi connectivity index (χ1n) is 6.58. The van der Waals surface area contributed by atoms with E-state index in [1.807, 2.05) is 0 Å². The minimum Gasteiger partial charge on any atom is -0.497 e. The minimum atomic E-state index is -5.33. The number of alkyl halides is 6. The first kappa shape index (κ1) is 18.6. The number of halogens is 6. The molecule has 0 saturated carbocycles. The van der Waals surface area contributed by atoms with Gasteiger partial charge in [0.15, 0.2) is 0 Å². The molecule has 2 rings (SSSR count). The van der Waals surface area contributed by atoms with Crippen LogP contribution in [-0.2, 0) is 9.59 Å². The summed E-state index contributed by atoms with van der Waals surface area (Å²) < 4.78 is 81.1. The Morgan fingerprint density at radius 1 is 0.880 bits per heavy atom. The zero-order valence-corrected chi connectivity index (χ0v) is 12.4. The summed E-state index contributed by atoms with van der Waals surface area (Å²) in [5.41, 5.74) is -0.138. The molecule has 1 aliphatic rings. The summed E-state index contributed by atoms with van der Waals surface area (Å²) in [6, 6.07) is 4.87. The molecule has 1 aromatic carbocycles. The Kier molecular flexibility index (Phi) is 4.69. The molecule has 5 nitrogen and oxygen atoms in total. The molecule has 0 bridgehead atoms. The average Bonchev–Trinajstić information content (AvgIpc) is 2.96. The molecule has 0 fully saturated rings. The van der Waals surface area contributed by atoms with E-state index < -0.39 is 30.3 Å². The van der Waals surface area contributed by atoms with Crippen molar-refractivity contribution in [3.63, 3.8) is 0 Å². The second kappa shape index (κ2) is 6.30. The second-order valence-corrected chi connectivity index (χ2v) is 4.87. The first-order valence-corrected chi connectivity index (χ1v) is 6.58. The molecular formula is C14H10F6N2O3. The van der Waals surface area contributed by atoms with E-state index in [9.17, 15) is 35.9 Å². The number of amides is 2. The molecule has 0 spiro atoms. The molecular weight excluding hydrogens is 358 g/mol. The van der Waals surface area contributed by atoms with Crippen LogP contribution in [0.5, 0.6) is 5.75 Å². The highest BCUT2D eigenvalue weighted by atomic mass is 19.4. The number of carbonyl (C=O) groups is 2. The highest BCUT2D eigenvalue weighted by Gasteiger charge is 2.52. The predicted octanol–water partition coefficient (Wildman–Crippen LogP) is 2.96. The Morgan fingerprint density at radius 3 is 1.60 bits per heavy atom. The van der Waals surface area contributed by atoms with Crippen molar-refractivity contribution in [2.45, 2.75) is 18.5 Å². The zero-order valence-electron chi connectivity index (χ0n) is 12.4. The zero-order chi connectivity index (χ0) is 19.0. The SMILES string of the molecule is COc1ccc(C2N(C(=O)C(F)(F)F)C=CN2C(=O)C(F)(F)F)cc1. The summed E-state index contributed by atoms with van der Waals surface area (Å²) >= 11 is 0. The number of nitrogens with zero attached hydrogens (tertiary/aromatic N) is 2. The van der Waals surface area contributed by atoms with Crippen molar-refractivity contribution >= 4 is 11.8 Å². The highest BCUT2D eigenvalue weighted by Crippen LogP contribution is 2.37. The van der Waals surface area contributed by atoms with Crippen LogP contribution in [0.15, 0.2) is 36.7 Å². The van der Waals surface area contributed by atoms with Gasteiger partial charge in [-0.15, -0.1) is 0 Å². The third-order valence-electron chi connectivity index (χ3n) is 3.28. The summed E-state index contributed by atoms with van der Waals surface area (Å²) in [6.07, 6.45) is -11.6. The van der Waals surface area contributed by atoms with Crippen LogP contribution in [0.25, 0.3) is 0 Å². The molecule has 0 saturated heterocycles. The van der Waals surface area contributed by atoms with Gasteiger partial charge in [-0.05, 0) is 17.7 Å². The number of carbonyl (C=O) groups excluding carboxylic acids is 2. The van der Waals surface area contributed by atoms with Crippen molar-refractivity contribution in [2.75, 3.05) is 7.11 Å². The van der Waals surface area contributed by atoms with Crippen LogP contribution in [0.1, 0.15) is 11.7 Å². The van der Waals surface area contributed by atoms with Crippen LogP contribution in [0, 0.1) is 0 Å². The molecule has 2 amide bonds. The van der Waals surface area contributed by atoms with Crippen LogP contribution in [0.2, 0.25) is 0 Å². The number of hydrogen-bond acceptors (Lipinski definition) is 3. The highest BCUT2D eigenvalue weighted by molar-refractivity contribution is 5.87. The Balaban J connectivity index is 2.46. The first-order chi connectivity index (χ1) is 11.5. The van der Waals surface area contributed by atoms with Gasteiger partial charge in [-0.1, -0.05) is 12.1 Å². The van der Waals surface area contributed by atoms with Crippen LogP contribution in [-0.4, -0.2) is 41.1 Å². The van der Waals surface area contributed by atoms with Crippen LogP contribution in [0.4, 0.5) is 26.3 Å². The van der Waals surface area contributed by atoms with E-state index in [1.165, 1.54) is 19.2 Å². The van der Waals surface area contributed by atoms with E-state index in [1.54, 1.807) is 0 Å². The quantitative estimate of drug-likeness (QED) is 0.755. The molecule has 1 aliphatic heterocycles. The van der Waals surface area contributed by atoms with E-state index in [0.29, 0.717) is 12.4 Å².